The van der Waals surface area contributed by atoms with E-state index >= 15 is 0 Å². The van der Waals surface area contributed by atoms with E-state index in [4.69, 9.17) is 18.7 Å². The maximum Gasteiger partial charge on any atom is 0.199 e. The van der Waals surface area contributed by atoms with Gasteiger partial charge in [-0.2, -0.15) is 0 Å². The topological polar surface area (TPSA) is 36.9 Å². The summed E-state index contributed by atoms with van der Waals surface area (Å²) in [6.45, 7) is 10.3. The van der Waals surface area contributed by atoms with Crippen LogP contribution in [0, 0.1) is 6.92 Å². The number of ether oxygens (including phenoxy) is 3. The highest BCUT2D eigenvalue weighted by atomic mass is 31.1. The number of hydrogen-bond donors (Lipinski definition) is 0. The number of benzene rings is 2. The van der Waals surface area contributed by atoms with Crippen LogP contribution < -0.4 is 9.47 Å². The SMILES string of the molecule is CCOPCOc1cc(C)c2c(c1)CCC2c1ccc(OC2CCCCO2)c(C(C)C)c1. The monoisotopic (exact) mass is 456 g/mol. The molecule has 1 aliphatic heterocycles. The van der Waals surface area contributed by atoms with Crippen LogP contribution >= 0.6 is 8.81 Å². The van der Waals surface area contributed by atoms with Gasteiger partial charge in [0.25, 0.3) is 0 Å². The van der Waals surface area contributed by atoms with Crippen LogP contribution in [-0.2, 0) is 15.7 Å². The summed E-state index contributed by atoms with van der Waals surface area (Å²) >= 11 is 0. The molecule has 0 N–H and O–H groups in total. The quantitative estimate of drug-likeness (QED) is 0.299. The van der Waals surface area contributed by atoms with Gasteiger partial charge >= 0.3 is 0 Å². The van der Waals surface area contributed by atoms with Crippen molar-refractivity contribution >= 4 is 8.81 Å². The Morgan fingerprint density at radius 3 is 2.75 bits per heavy atom. The second-order valence-corrected chi connectivity index (χ2v) is 10.0. The van der Waals surface area contributed by atoms with E-state index in [0.717, 1.165) is 50.4 Å². The van der Waals surface area contributed by atoms with E-state index in [2.05, 4.69) is 51.1 Å². The van der Waals surface area contributed by atoms with Gasteiger partial charge in [0.2, 0.25) is 0 Å². The smallest absolute Gasteiger partial charge is 0.199 e. The molecule has 0 bridgehead atoms. The van der Waals surface area contributed by atoms with Gasteiger partial charge in [-0.25, -0.2) is 0 Å². The van der Waals surface area contributed by atoms with Crippen LogP contribution in [0.15, 0.2) is 30.3 Å². The minimum atomic E-state index is -0.108. The first-order chi connectivity index (χ1) is 15.6. The Morgan fingerprint density at radius 2 is 2.00 bits per heavy atom. The lowest BCUT2D eigenvalue weighted by Gasteiger charge is -2.26. The molecule has 0 amide bonds. The van der Waals surface area contributed by atoms with Crippen LogP contribution in [0.5, 0.6) is 11.5 Å². The largest absolute Gasteiger partial charge is 0.487 e. The lowest BCUT2D eigenvalue weighted by Crippen LogP contribution is -2.25. The molecule has 2 aliphatic rings. The van der Waals surface area contributed by atoms with E-state index in [0.29, 0.717) is 27.0 Å². The molecule has 3 atom stereocenters. The number of rotatable bonds is 9. The molecule has 32 heavy (non-hydrogen) atoms. The number of fused-ring (bicyclic) bond motifs is 1. The first kappa shape index (κ1) is 23.5. The van der Waals surface area contributed by atoms with Gasteiger partial charge in [0.15, 0.2) is 6.29 Å². The Hall–Kier alpha value is -1.61. The Balaban J connectivity index is 1.54. The van der Waals surface area contributed by atoms with Gasteiger partial charge in [-0.15, -0.1) is 0 Å². The highest BCUT2D eigenvalue weighted by Gasteiger charge is 2.28. The van der Waals surface area contributed by atoms with Crippen molar-refractivity contribution in [3.05, 3.63) is 58.1 Å². The molecule has 0 radical (unpaired) electrons. The van der Waals surface area contributed by atoms with Crippen molar-refractivity contribution in [3.8, 4) is 11.5 Å². The fourth-order valence-corrected chi connectivity index (χ4v) is 5.46. The minimum Gasteiger partial charge on any atom is -0.487 e. The Morgan fingerprint density at radius 1 is 1.12 bits per heavy atom. The summed E-state index contributed by atoms with van der Waals surface area (Å²) in [6.07, 6.45) is 6.04. The molecule has 1 saturated heterocycles. The van der Waals surface area contributed by atoms with Crippen molar-refractivity contribution < 1.29 is 18.7 Å². The number of aryl methyl sites for hydroxylation is 2. The molecule has 5 heteroatoms. The zero-order valence-corrected chi connectivity index (χ0v) is 20.9. The van der Waals surface area contributed by atoms with Crippen molar-refractivity contribution in [3.63, 3.8) is 0 Å². The second kappa shape index (κ2) is 11.0. The minimum absolute atomic E-state index is 0.108. The van der Waals surface area contributed by atoms with E-state index < -0.39 is 0 Å². The molecule has 4 nitrogen and oxygen atoms in total. The number of hydrogen-bond acceptors (Lipinski definition) is 4. The van der Waals surface area contributed by atoms with E-state index in [1.165, 1.54) is 34.2 Å². The van der Waals surface area contributed by atoms with E-state index in [1.807, 2.05) is 6.92 Å². The van der Waals surface area contributed by atoms with Crippen molar-refractivity contribution in [2.45, 2.75) is 77.9 Å². The summed E-state index contributed by atoms with van der Waals surface area (Å²) in [5.41, 5.74) is 6.88. The van der Waals surface area contributed by atoms with Crippen molar-refractivity contribution in [1.82, 2.24) is 0 Å². The Labute approximate surface area is 194 Å². The van der Waals surface area contributed by atoms with E-state index in [9.17, 15) is 0 Å². The third kappa shape index (κ3) is 5.47. The predicted octanol–water partition coefficient (Wildman–Crippen LogP) is 7.07. The molecule has 174 valence electrons. The van der Waals surface area contributed by atoms with Crippen molar-refractivity contribution in [1.29, 1.82) is 0 Å². The molecule has 0 aromatic heterocycles. The van der Waals surface area contributed by atoms with Gasteiger partial charge in [-0.05, 0) is 91.5 Å². The zero-order chi connectivity index (χ0) is 22.5. The predicted molar refractivity (Wildman–Crippen MR) is 132 cm³/mol. The molecular weight excluding hydrogens is 419 g/mol. The normalized spacial score (nSPS) is 20.8. The van der Waals surface area contributed by atoms with Gasteiger partial charge in [-0.3, -0.25) is 0 Å². The van der Waals surface area contributed by atoms with Crippen molar-refractivity contribution in [2.24, 2.45) is 0 Å². The molecule has 4 rings (SSSR count). The van der Waals surface area contributed by atoms with Crippen molar-refractivity contribution in [2.75, 3.05) is 19.6 Å². The van der Waals surface area contributed by atoms with Gasteiger partial charge in [0.1, 0.15) is 17.8 Å². The maximum atomic E-state index is 6.28. The van der Waals surface area contributed by atoms with Gasteiger partial charge in [0, 0.05) is 18.9 Å². The molecule has 1 fully saturated rings. The highest BCUT2D eigenvalue weighted by Crippen LogP contribution is 2.43. The third-order valence-corrected chi connectivity index (χ3v) is 7.25. The molecule has 2 aromatic carbocycles. The second-order valence-electron chi connectivity index (χ2n) is 9.14. The van der Waals surface area contributed by atoms with Crippen LogP contribution in [0.1, 0.15) is 86.1 Å². The van der Waals surface area contributed by atoms with Crippen LogP contribution in [0.3, 0.4) is 0 Å². The molecule has 0 saturated carbocycles. The fourth-order valence-electron chi connectivity index (χ4n) is 4.95. The summed E-state index contributed by atoms with van der Waals surface area (Å²) in [4.78, 5) is 0. The summed E-state index contributed by atoms with van der Waals surface area (Å²) in [5, 5.41) is 0. The first-order valence-corrected chi connectivity index (χ1v) is 13.2. The van der Waals surface area contributed by atoms with Gasteiger partial charge in [0.05, 0.1) is 15.4 Å². The first-order valence-electron chi connectivity index (χ1n) is 12.1. The molecule has 0 spiro atoms. The van der Waals surface area contributed by atoms with Gasteiger partial charge < -0.3 is 18.7 Å². The average molecular weight is 457 g/mol. The van der Waals surface area contributed by atoms with Gasteiger partial charge in [-0.1, -0.05) is 26.0 Å². The van der Waals surface area contributed by atoms with Crippen LogP contribution in [0.2, 0.25) is 0 Å². The lowest BCUT2D eigenvalue weighted by molar-refractivity contribution is -0.106. The summed E-state index contributed by atoms with van der Waals surface area (Å²) in [6, 6.07) is 11.2. The molecule has 3 unspecified atom stereocenters. The van der Waals surface area contributed by atoms with E-state index in [1.54, 1.807) is 0 Å². The maximum absolute atomic E-state index is 6.28. The third-order valence-electron chi connectivity index (χ3n) is 6.50. The van der Waals surface area contributed by atoms with Crippen LogP contribution in [-0.4, -0.2) is 25.9 Å². The fraction of sp³-hybridized carbons (Fsp3) is 0.556. The summed E-state index contributed by atoms with van der Waals surface area (Å²) in [5.74, 6) is 2.77. The Kier molecular flexibility index (Phi) is 8.10. The zero-order valence-electron chi connectivity index (χ0n) is 19.9. The Bertz CT molecular complexity index is 905. The standard InChI is InChI=1S/C27H37O4P/c1-5-30-32-17-29-22-14-19(4)27-21(15-22)9-11-23(27)20-10-12-25(24(16-20)18(2)3)31-26-8-6-7-13-28-26/h10,12,14-16,18,23,26,32H,5-9,11,13,17H2,1-4H3. The highest BCUT2D eigenvalue weighted by molar-refractivity contribution is 7.31. The summed E-state index contributed by atoms with van der Waals surface area (Å²) < 4.78 is 23.5. The summed E-state index contributed by atoms with van der Waals surface area (Å²) in [7, 11) is 0.390. The lowest BCUT2D eigenvalue weighted by atomic mass is 9.87. The molecule has 1 heterocycles. The van der Waals surface area contributed by atoms with E-state index in [-0.39, 0.29) is 6.29 Å². The van der Waals surface area contributed by atoms with Crippen LogP contribution in [0.4, 0.5) is 0 Å². The molecule has 1 aliphatic carbocycles. The average Bonchev–Trinajstić information content (AvgIpc) is 3.22. The van der Waals surface area contributed by atoms with Crippen LogP contribution in [0.25, 0.3) is 0 Å². The molecule has 2 aromatic rings. The molecular formula is C27H37O4P.